The molecule has 1 aromatic rings. The monoisotopic (exact) mass is 454 g/mol. The van der Waals surface area contributed by atoms with Crippen LogP contribution in [0.25, 0.3) is 0 Å². The van der Waals surface area contributed by atoms with Gasteiger partial charge in [-0.25, -0.2) is 0 Å². The van der Waals surface area contributed by atoms with Gasteiger partial charge in [-0.15, -0.1) is 0 Å². The summed E-state index contributed by atoms with van der Waals surface area (Å²) in [6.07, 6.45) is 0. The van der Waals surface area contributed by atoms with E-state index in [0.717, 1.165) is 25.9 Å². The SMILES string of the molecule is CCOCC.COS(=O)(=O)c1ccc(C)cc1.OCCOCCOCCOCCO. The molecule has 178 valence electrons. The number of hydrogen-bond donors (Lipinski definition) is 2. The highest BCUT2D eigenvalue weighted by molar-refractivity contribution is 7.86. The third-order valence-electron chi connectivity index (χ3n) is 3.15. The maximum atomic E-state index is 11.1. The van der Waals surface area contributed by atoms with Crippen LogP contribution in [-0.2, 0) is 33.2 Å². The van der Waals surface area contributed by atoms with Crippen molar-refractivity contribution in [1.82, 2.24) is 0 Å². The van der Waals surface area contributed by atoms with Crippen LogP contribution in [0.3, 0.4) is 0 Å². The van der Waals surface area contributed by atoms with Gasteiger partial charge < -0.3 is 29.2 Å². The van der Waals surface area contributed by atoms with Crippen molar-refractivity contribution < 1.29 is 41.8 Å². The molecule has 0 saturated heterocycles. The topological polar surface area (TPSA) is 121 Å². The van der Waals surface area contributed by atoms with Crippen LogP contribution in [0.15, 0.2) is 29.2 Å². The fourth-order valence-corrected chi connectivity index (χ4v) is 2.34. The zero-order valence-corrected chi connectivity index (χ0v) is 19.4. The first-order valence-corrected chi connectivity index (χ1v) is 11.2. The maximum absolute atomic E-state index is 11.1. The number of ether oxygens (including phenoxy) is 4. The normalized spacial score (nSPS) is 10.6. The molecule has 9 nitrogen and oxygen atoms in total. The summed E-state index contributed by atoms with van der Waals surface area (Å²) in [5, 5.41) is 16.7. The van der Waals surface area contributed by atoms with Gasteiger partial charge in [-0.2, -0.15) is 8.42 Å². The van der Waals surface area contributed by atoms with Crippen molar-refractivity contribution in [2.75, 3.05) is 73.2 Å². The van der Waals surface area contributed by atoms with E-state index < -0.39 is 10.1 Å². The quantitative estimate of drug-likeness (QED) is 0.317. The van der Waals surface area contributed by atoms with E-state index in [2.05, 4.69) is 4.18 Å². The minimum Gasteiger partial charge on any atom is -0.394 e. The van der Waals surface area contributed by atoms with E-state index in [-0.39, 0.29) is 18.1 Å². The molecular weight excluding hydrogens is 416 g/mol. The first kappa shape index (κ1) is 31.1. The minimum atomic E-state index is -3.51. The summed E-state index contributed by atoms with van der Waals surface area (Å²) in [6.45, 7) is 10.3. The standard InChI is InChI=1S/C8H18O5.C8H10O3S.C4H10O/c9-1-3-11-5-7-13-8-6-12-4-2-10;1-7-3-5-8(6-4-7)12(9,10)11-2;1-3-5-4-2/h9-10H,1-8H2;3-6H,1-2H3;3-4H2,1-2H3. The number of aliphatic hydroxyl groups excluding tert-OH is 2. The minimum absolute atomic E-state index is 0.0413. The van der Waals surface area contributed by atoms with Crippen LogP contribution in [0, 0.1) is 6.92 Å². The molecule has 0 aromatic heterocycles. The van der Waals surface area contributed by atoms with Crippen LogP contribution in [0.5, 0.6) is 0 Å². The number of hydrogen-bond acceptors (Lipinski definition) is 9. The van der Waals surface area contributed by atoms with Gasteiger partial charge in [-0.3, -0.25) is 4.18 Å². The first-order valence-electron chi connectivity index (χ1n) is 9.79. The fraction of sp³-hybridized carbons (Fsp3) is 0.700. The van der Waals surface area contributed by atoms with Gasteiger partial charge in [0.05, 0.1) is 64.9 Å². The van der Waals surface area contributed by atoms with Gasteiger partial charge in [0, 0.05) is 13.2 Å². The van der Waals surface area contributed by atoms with Crippen LogP contribution in [0.4, 0.5) is 0 Å². The molecule has 0 aliphatic carbocycles. The van der Waals surface area contributed by atoms with Crippen LogP contribution in [0.2, 0.25) is 0 Å². The highest BCUT2D eigenvalue weighted by Crippen LogP contribution is 2.11. The molecule has 0 unspecified atom stereocenters. The molecule has 30 heavy (non-hydrogen) atoms. The lowest BCUT2D eigenvalue weighted by Crippen LogP contribution is -2.11. The van der Waals surface area contributed by atoms with Gasteiger partial charge in [0.25, 0.3) is 10.1 Å². The first-order chi connectivity index (χ1) is 14.4. The van der Waals surface area contributed by atoms with Crippen LogP contribution in [0.1, 0.15) is 19.4 Å². The summed E-state index contributed by atoms with van der Waals surface area (Å²) in [4.78, 5) is 0.190. The molecule has 0 aliphatic heterocycles. The summed E-state index contributed by atoms with van der Waals surface area (Å²) in [6, 6.07) is 6.50. The van der Waals surface area contributed by atoms with Gasteiger partial charge in [0.15, 0.2) is 0 Å². The number of benzene rings is 1. The molecule has 0 heterocycles. The fourth-order valence-electron chi connectivity index (χ4n) is 1.68. The summed E-state index contributed by atoms with van der Waals surface area (Å²) < 4.78 is 46.4. The Hall–Kier alpha value is -1.11. The van der Waals surface area contributed by atoms with E-state index in [1.807, 2.05) is 20.8 Å². The van der Waals surface area contributed by atoms with Crippen molar-refractivity contribution in [2.24, 2.45) is 0 Å². The Balaban J connectivity index is 0. The second kappa shape index (κ2) is 22.6. The summed E-state index contributed by atoms with van der Waals surface area (Å²) in [5.41, 5.74) is 1.02. The smallest absolute Gasteiger partial charge is 0.296 e. The third-order valence-corrected chi connectivity index (χ3v) is 4.44. The van der Waals surface area contributed by atoms with E-state index in [0.29, 0.717) is 39.6 Å². The zero-order chi connectivity index (χ0) is 23.1. The Morgan fingerprint density at radius 2 is 1.13 bits per heavy atom. The highest BCUT2D eigenvalue weighted by Gasteiger charge is 2.11. The van der Waals surface area contributed by atoms with Crippen LogP contribution >= 0.6 is 0 Å². The summed E-state index contributed by atoms with van der Waals surface area (Å²) in [7, 11) is -2.37. The van der Waals surface area contributed by atoms with Gasteiger partial charge in [-0.1, -0.05) is 17.7 Å². The molecule has 1 aromatic carbocycles. The summed E-state index contributed by atoms with van der Waals surface area (Å²) in [5.74, 6) is 0. The lowest BCUT2D eigenvalue weighted by Gasteiger charge is -2.04. The molecule has 0 spiro atoms. The van der Waals surface area contributed by atoms with Crippen molar-refractivity contribution in [3.8, 4) is 0 Å². The van der Waals surface area contributed by atoms with E-state index in [9.17, 15) is 8.42 Å². The van der Waals surface area contributed by atoms with Crippen molar-refractivity contribution >= 4 is 10.1 Å². The third kappa shape index (κ3) is 20.2. The lowest BCUT2D eigenvalue weighted by molar-refractivity contribution is 0.00230. The maximum Gasteiger partial charge on any atom is 0.296 e. The Labute approximate surface area is 181 Å². The van der Waals surface area contributed by atoms with Crippen LogP contribution in [-0.4, -0.2) is 91.8 Å². The van der Waals surface area contributed by atoms with Gasteiger partial charge in [-0.05, 0) is 32.9 Å². The van der Waals surface area contributed by atoms with Gasteiger partial charge >= 0.3 is 0 Å². The molecule has 10 heteroatoms. The average Bonchev–Trinajstić information content (AvgIpc) is 2.74. The van der Waals surface area contributed by atoms with Crippen LogP contribution < -0.4 is 0 Å². The Bertz CT molecular complexity index is 550. The lowest BCUT2D eigenvalue weighted by atomic mass is 10.2. The molecule has 1 rings (SSSR count). The highest BCUT2D eigenvalue weighted by atomic mass is 32.2. The molecule has 0 saturated carbocycles. The summed E-state index contributed by atoms with van der Waals surface area (Å²) >= 11 is 0. The molecule has 0 bridgehead atoms. The van der Waals surface area contributed by atoms with E-state index in [4.69, 9.17) is 29.2 Å². The van der Waals surface area contributed by atoms with E-state index in [1.54, 1.807) is 12.1 Å². The van der Waals surface area contributed by atoms with Crippen molar-refractivity contribution in [1.29, 1.82) is 0 Å². The second-order valence-corrected chi connectivity index (χ2v) is 7.21. The molecule has 0 amide bonds. The molecule has 2 N–H and O–H groups in total. The average molecular weight is 455 g/mol. The van der Waals surface area contributed by atoms with Crippen molar-refractivity contribution in [3.05, 3.63) is 29.8 Å². The van der Waals surface area contributed by atoms with Crippen molar-refractivity contribution in [2.45, 2.75) is 25.7 Å². The number of aryl methyl sites for hydroxylation is 1. The van der Waals surface area contributed by atoms with Crippen molar-refractivity contribution in [3.63, 3.8) is 0 Å². The Morgan fingerprint density at radius 1 is 0.733 bits per heavy atom. The molecule has 0 aliphatic rings. The largest absolute Gasteiger partial charge is 0.394 e. The zero-order valence-electron chi connectivity index (χ0n) is 18.5. The number of aliphatic hydroxyl groups is 2. The van der Waals surface area contributed by atoms with E-state index >= 15 is 0 Å². The second-order valence-electron chi connectivity index (χ2n) is 5.50. The predicted molar refractivity (Wildman–Crippen MR) is 114 cm³/mol. The predicted octanol–water partition coefficient (Wildman–Crippen LogP) is 1.39. The molecule has 0 atom stereocenters. The number of rotatable bonds is 14. The Kier molecular flexibility index (Phi) is 23.4. The molecule has 0 fully saturated rings. The Morgan fingerprint density at radius 3 is 1.43 bits per heavy atom. The van der Waals surface area contributed by atoms with Gasteiger partial charge in [0.1, 0.15) is 0 Å². The van der Waals surface area contributed by atoms with Gasteiger partial charge in [0.2, 0.25) is 0 Å². The molecular formula is C20H38O9S. The van der Waals surface area contributed by atoms with E-state index in [1.165, 1.54) is 12.1 Å². The molecule has 0 radical (unpaired) electrons.